The minimum absolute atomic E-state index is 0.0665. The molecule has 1 saturated heterocycles. The van der Waals surface area contributed by atoms with Gasteiger partial charge in [-0.15, -0.1) is 0 Å². The summed E-state index contributed by atoms with van der Waals surface area (Å²) in [6, 6.07) is 0. The first-order valence-corrected chi connectivity index (χ1v) is 6.54. The number of Topliss-reactive ketones (excluding diaryl/α,β-unsaturated/α-hetero) is 1. The van der Waals surface area contributed by atoms with Crippen LogP contribution >= 0.6 is 0 Å². The number of ether oxygens (including phenoxy) is 3. The molecule has 0 aromatic heterocycles. The molecule has 4 nitrogen and oxygen atoms in total. The Morgan fingerprint density at radius 1 is 1.29 bits per heavy atom. The van der Waals surface area contributed by atoms with Crippen LogP contribution in [0.2, 0.25) is 0 Å². The SMILES string of the molecule is COC1CCCC(OCC(=O)C2CCOC2)C1. The van der Waals surface area contributed by atoms with Crippen molar-refractivity contribution in [3.63, 3.8) is 0 Å². The molecule has 98 valence electrons. The molecular formula is C13H22O4. The number of hydrogen-bond donors (Lipinski definition) is 0. The van der Waals surface area contributed by atoms with Crippen LogP contribution in [0.5, 0.6) is 0 Å². The second-order valence-corrected chi connectivity index (χ2v) is 4.98. The van der Waals surface area contributed by atoms with E-state index in [1.54, 1.807) is 7.11 Å². The van der Waals surface area contributed by atoms with E-state index in [1.807, 2.05) is 0 Å². The second kappa shape index (κ2) is 6.47. The molecule has 1 aliphatic heterocycles. The van der Waals surface area contributed by atoms with Crippen molar-refractivity contribution < 1.29 is 19.0 Å². The Morgan fingerprint density at radius 2 is 2.12 bits per heavy atom. The summed E-state index contributed by atoms with van der Waals surface area (Å²) in [6.07, 6.45) is 5.57. The third kappa shape index (κ3) is 3.76. The lowest BCUT2D eigenvalue weighted by Crippen LogP contribution is -2.30. The predicted molar refractivity (Wildman–Crippen MR) is 62.9 cm³/mol. The highest BCUT2D eigenvalue weighted by atomic mass is 16.5. The van der Waals surface area contributed by atoms with Gasteiger partial charge in [-0.05, 0) is 32.1 Å². The maximum absolute atomic E-state index is 11.8. The third-order valence-corrected chi connectivity index (χ3v) is 3.76. The molecule has 0 aromatic carbocycles. The van der Waals surface area contributed by atoms with Gasteiger partial charge in [0.2, 0.25) is 0 Å². The Bertz CT molecular complexity index is 248. The van der Waals surface area contributed by atoms with Gasteiger partial charge in [0.05, 0.1) is 18.8 Å². The lowest BCUT2D eigenvalue weighted by molar-refractivity contribution is -0.131. The summed E-state index contributed by atoms with van der Waals surface area (Å²) in [4.78, 5) is 11.8. The molecule has 0 aromatic rings. The van der Waals surface area contributed by atoms with Gasteiger partial charge in [0, 0.05) is 19.6 Å². The van der Waals surface area contributed by atoms with E-state index in [2.05, 4.69) is 0 Å². The minimum atomic E-state index is 0.0665. The molecule has 0 amide bonds. The normalized spacial score (nSPS) is 33.8. The Morgan fingerprint density at radius 3 is 2.82 bits per heavy atom. The molecule has 2 rings (SSSR count). The zero-order valence-corrected chi connectivity index (χ0v) is 10.5. The monoisotopic (exact) mass is 242 g/mol. The molecule has 2 fully saturated rings. The van der Waals surface area contributed by atoms with Gasteiger partial charge in [-0.25, -0.2) is 0 Å². The van der Waals surface area contributed by atoms with Crippen molar-refractivity contribution in [2.75, 3.05) is 26.9 Å². The van der Waals surface area contributed by atoms with Crippen molar-refractivity contribution in [1.82, 2.24) is 0 Å². The number of hydrogen-bond acceptors (Lipinski definition) is 4. The van der Waals surface area contributed by atoms with Crippen molar-refractivity contribution in [3.05, 3.63) is 0 Å². The first-order chi connectivity index (χ1) is 8.29. The molecule has 0 spiro atoms. The van der Waals surface area contributed by atoms with E-state index in [9.17, 15) is 4.79 Å². The van der Waals surface area contributed by atoms with Gasteiger partial charge < -0.3 is 14.2 Å². The summed E-state index contributed by atoms with van der Waals surface area (Å²) < 4.78 is 16.3. The summed E-state index contributed by atoms with van der Waals surface area (Å²) in [5, 5.41) is 0. The molecular weight excluding hydrogens is 220 g/mol. The Kier molecular flexibility index (Phi) is 4.95. The van der Waals surface area contributed by atoms with Crippen LogP contribution in [0.3, 0.4) is 0 Å². The summed E-state index contributed by atoms with van der Waals surface area (Å²) in [7, 11) is 1.74. The van der Waals surface area contributed by atoms with Crippen LogP contribution in [0.25, 0.3) is 0 Å². The fourth-order valence-corrected chi connectivity index (χ4v) is 2.57. The lowest BCUT2D eigenvalue weighted by Gasteiger charge is -2.28. The maximum atomic E-state index is 11.8. The average molecular weight is 242 g/mol. The number of carbonyl (C=O) groups is 1. The first-order valence-electron chi connectivity index (χ1n) is 6.54. The molecule has 17 heavy (non-hydrogen) atoms. The lowest BCUT2D eigenvalue weighted by atomic mass is 9.95. The van der Waals surface area contributed by atoms with E-state index in [1.165, 1.54) is 0 Å². The van der Waals surface area contributed by atoms with Crippen molar-refractivity contribution >= 4 is 5.78 Å². The Labute approximate surface area is 103 Å². The zero-order valence-electron chi connectivity index (χ0n) is 10.5. The van der Waals surface area contributed by atoms with E-state index in [4.69, 9.17) is 14.2 Å². The molecule has 2 aliphatic rings. The number of rotatable bonds is 5. The van der Waals surface area contributed by atoms with Gasteiger partial charge in [-0.3, -0.25) is 4.79 Å². The van der Waals surface area contributed by atoms with Crippen molar-refractivity contribution in [2.45, 2.75) is 44.3 Å². The highest BCUT2D eigenvalue weighted by molar-refractivity contribution is 5.82. The van der Waals surface area contributed by atoms with Gasteiger partial charge >= 0.3 is 0 Å². The molecule has 3 unspecified atom stereocenters. The molecule has 0 bridgehead atoms. The number of methoxy groups -OCH3 is 1. The van der Waals surface area contributed by atoms with E-state index in [0.717, 1.165) is 32.1 Å². The molecule has 0 radical (unpaired) electrons. The Balaban J connectivity index is 1.68. The van der Waals surface area contributed by atoms with E-state index in [0.29, 0.717) is 19.3 Å². The zero-order chi connectivity index (χ0) is 12.1. The van der Waals surface area contributed by atoms with Crippen LogP contribution in [0.15, 0.2) is 0 Å². The second-order valence-electron chi connectivity index (χ2n) is 4.98. The smallest absolute Gasteiger partial charge is 0.163 e. The van der Waals surface area contributed by atoms with Crippen molar-refractivity contribution in [1.29, 1.82) is 0 Å². The van der Waals surface area contributed by atoms with Gasteiger partial charge in [0.1, 0.15) is 6.61 Å². The first kappa shape index (κ1) is 13.0. The van der Waals surface area contributed by atoms with Crippen LogP contribution in [-0.2, 0) is 19.0 Å². The summed E-state index contributed by atoms with van der Waals surface area (Å²) >= 11 is 0. The van der Waals surface area contributed by atoms with Crippen LogP contribution in [0, 0.1) is 5.92 Å². The van der Waals surface area contributed by atoms with E-state index in [-0.39, 0.29) is 24.4 Å². The fraction of sp³-hybridized carbons (Fsp3) is 0.923. The molecule has 4 heteroatoms. The van der Waals surface area contributed by atoms with E-state index < -0.39 is 0 Å². The highest BCUT2D eigenvalue weighted by Gasteiger charge is 2.26. The van der Waals surface area contributed by atoms with Gasteiger partial charge in [0.25, 0.3) is 0 Å². The summed E-state index contributed by atoms with van der Waals surface area (Å²) in [5.41, 5.74) is 0. The number of carbonyl (C=O) groups excluding carboxylic acids is 1. The molecule has 1 aliphatic carbocycles. The molecule has 0 N–H and O–H groups in total. The minimum Gasteiger partial charge on any atom is -0.381 e. The quantitative estimate of drug-likeness (QED) is 0.734. The third-order valence-electron chi connectivity index (χ3n) is 3.76. The molecule has 1 saturated carbocycles. The Hall–Kier alpha value is -0.450. The van der Waals surface area contributed by atoms with Gasteiger partial charge in [0.15, 0.2) is 5.78 Å². The predicted octanol–water partition coefficient (Wildman–Crippen LogP) is 1.57. The summed E-state index contributed by atoms with van der Waals surface area (Å²) in [5.74, 6) is 0.263. The van der Waals surface area contributed by atoms with Crippen LogP contribution in [0.4, 0.5) is 0 Å². The van der Waals surface area contributed by atoms with Crippen molar-refractivity contribution in [3.8, 4) is 0 Å². The number of ketones is 1. The topological polar surface area (TPSA) is 44.8 Å². The van der Waals surface area contributed by atoms with Crippen LogP contribution < -0.4 is 0 Å². The fourth-order valence-electron chi connectivity index (χ4n) is 2.57. The van der Waals surface area contributed by atoms with Gasteiger partial charge in [-0.2, -0.15) is 0 Å². The largest absolute Gasteiger partial charge is 0.381 e. The standard InChI is InChI=1S/C13H22O4/c1-15-11-3-2-4-12(7-11)17-9-13(14)10-5-6-16-8-10/h10-12H,2-9H2,1H3. The van der Waals surface area contributed by atoms with Crippen LogP contribution in [-0.4, -0.2) is 44.9 Å². The average Bonchev–Trinajstić information content (AvgIpc) is 2.90. The van der Waals surface area contributed by atoms with Gasteiger partial charge in [-0.1, -0.05) is 0 Å². The molecule has 1 heterocycles. The van der Waals surface area contributed by atoms with E-state index >= 15 is 0 Å². The van der Waals surface area contributed by atoms with Crippen LogP contribution in [0.1, 0.15) is 32.1 Å². The maximum Gasteiger partial charge on any atom is 0.163 e. The van der Waals surface area contributed by atoms with Crippen molar-refractivity contribution in [2.24, 2.45) is 5.92 Å². The highest BCUT2D eigenvalue weighted by Crippen LogP contribution is 2.23. The molecule has 3 atom stereocenters. The summed E-state index contributed by atoms with van der Waals surface area (Å²) in [6.45, 7) is 1.54.